The standard InChI is InChI=1S/C10H9N3O2/c14-13(15)10-4-1-3-9(7-10)8-12-6-2-5-11-12/h1-7H,8H2. The third-order valence-corrected chi connectivity index (χ3v) is 2.03. The van der Waals surface area contributed by atoms with E-state index in [9.17, 15) is 10.1 Å². The molecule has 76 valence electrons. The van der Waals surface area contributed by atoms with Crippen LogP contribution in [0.5, 0.6) is 0 Å². The Morgan fingerprint density at radius 2 is 2.27 bits per heavy atom. The Bertz CT molecular complexity index is 465. The molecule has 0 bridgehead atoms. The minimum absolute atomic E-state index is 0.111. The number of non-ortho nitro benzene ring substituents is 1. The van der Waals surface area contributed by atoms with Gasteiger partial charge in [-0.05, 0) is 11.6 Å². The van der Waals surface area contributed by atoms with Crippen LogP contribution in [0.3, 0.4) is 0 Å². The average Bonchev–Trinajstić information content (AvgIpc) is 2.71. The Morgan fingerprint density at radius 1 is 1.40 bits per heavy atom. The lowest BCUT2D eigenvalue weighted by Crippen LogP contribution is -2.00. The van der Waals surface area contributed by atoms with E-state index in [1.807, 2.05) is 18.3 Å². The zero-order valence-corrected chi connectivity index (χ0v) is 7.91. The summed E-state index contributed by atoms with van der Waals surface area (Å²) < 4.78 is 1.72. The minimum atomic E-state index is -0.396. The summed E-state index contributed by atoms with van der Waals surface area (Å²) in [4.78, 5) is 10.1. The van der Waals surface area contributed by atoms with E-state index in [1.165, 1.54) is 6.07 Å². The number of nitro benzene ring substituents is 1. The first-order valence-electron chi connectivity index (χ1n) is 4.46. The van der Waals surface area contributed by atoms with Crippen LogP contribution < -0.4 is 0 Å². The molecule has 2 rings (SSSR count). The summed E-state index contributed by atoms with van der Waals surface area (Å²) >= 11 is 0. The van der Waals surface area contributed by atoms with Crippen LogP contribution in [0.25, 0.3) is 0 Å². The summed E-state index contributed by atoms with van der Waals surface area (Å²) in [7, 11) is 0. The zero-order valence-electron chi connectivity index (χ0n) is 7.91. The molecule has 0 saturated carbocycles. The van der Waals surface area contributed by atoms with Crippen LogP contribution in [0.1, 0.15) is 5.56 Å². The molecule has 1 heterocycles. The average molecular weight is 203 g/mol. The maximum atomic E-state index is 10.5. The van der Waals surface area contributed by atoms with Crippen molar-refractivity contribution in [2.75, 3.05) is 0 Å². The second-order valence-electron chi connectivity index (χ2n) is 3.13. The molecule has 0 atom stereocenters. The SMILES string of the molecule is O=[N+]([O-])c1cccc(Cn2cccn2)c1. The Balaban J connectivity index is 2.22. The molecule has 0 unspecified atom stereocenters. The molecular formula is C10H9N3O2. The lowest BCUT2D eigenvalue weighted by atomic mass is 10.2. The summed E-state index contributed by atoms with van der Waals surface area (Å²) in [6.45, 7) is 0.550. The molecule has 0 radical (unpaired) electrons. The first-order valence-corrected chi connectivity index (χ1v) is 4.46. The molecule has 0 fully saturated rings. The van der Waals surface area contributed by atoms with Gasteiger partial charge in [0.15, 0.2) is 0 Å². The maximum absolute atomic E-state index is 10.5. The number of hydrogen-bond donors (Lipinski definition) is 0. The van der Waals surface area contributed by atoms with Crippen molar-refractivity contribution in [2.45, 2.75) is 6.54 Å². The predicted molar refractivity (Wildman–Crippen MR) is 54.4 cm³/mol. The number of nitro groups is 1. The molecule has 5 heteroatoms. The normalized spacial score (nSPS) is 10.1. The molecule has 0 aliphatic carbocycles. The smallest absolute Gasteiger partial charge is 0.268 e. The quantitative estimate of drug-likeness (QED) is 0.564. The number of aromatic nitrogens is 2. The van der Waals surface area contributed by atoms with Gasteiger partial charge in [-0.1, -0.05) is 12.1 Å². The van der Waals surface area contributed by atoms with Crippen molar-refractivity contribution in [3.05, 3.63) is 58.4 Å². The van der Waals surface area contributed by atoms with Crippen LogP contribution in [-0.4, -0.2) is 14.7 Å². The number of nitrogens with zero attached hydrogens (tertiary/aromatic N) is 3. The van der Waals surface area contributed by atoms with Crippen molar-refractivity contribution < 1.29 is 4.92 Å². The van der Waals surface area contributed by atoms with Gasteiger partial charge in [-0.2, -0.15) is 5.10 Å². The van der Waals surface area contributed by atoms with Gasteiger partial charge in [0.2, 0.25) is 0 Å². The Kier molecular flexibility index (Phi) is 2.45. The van der Waals surface area contributed by atoms with Gasteiger partial charge in [-0.3, -0.25) is 14.8 Å². The fourth-order valence-electron chi connectivity index (χ4n) is 1.35. The molecule has 0 aliphatic rings. The second kappa shape index (κ2) is 3.91. The molecule has 1 aromatic heterocycles. The Morgan fingerprint density at radius 3 is 2.93 bits per heavy atom. The topological polar surface area (TPSA) is 61.0 Å². The second-order valence-corrected chi connectivity index (χ2v) is 3.13. The van der Waals surface area contributed by atoms with Crippen molar-refractivity contribution in [3.8, 4) is 0 Å². The maximum Gasteiger partial charge on any atom is 0.269 e. The molecule has 5 nitrogen and oxygen atoms in total. The number of rotatable bonds is 3. The molecule has 0 spiro atoms. The summed E-state index contributed by atoms with van der Waals surface area (Å²) in [6.07, 6.45) is 3.50. The highest BCUT2D eigenvalue weighted by Crippen LogP contribution is 2.13. The molecule has 0 N–H and O–H groups in total. The van der Waals surface area contributed by atoms with Gasteiger partial charge in [-0.15, -0.1) is 0 Å². The lowest BCUT2D eigenvalue weighted by molar-refractivity contribution is -0.384. The molecular weight excluding hydrogens is 194 g/mol. The van der Waals surface area contributed by atoms with Crippen molar-refractivity contribution >= 4 is 5.69 Å². The Hall–Kier alpha value is -2.17. The van der Waals surface area contributed by atoms with Gasteiger partial charge in [-0.25, -0.2) is 0 Å². The van der Waals surface area contributed by atoms with Crippen LogP contribution in [-0.2, 0) is 6.54 Å². The molecule has 0 aliphatic heterocycles. The van der Waals surface area contributed by atoms with Gasteiger partial charge in [0.25, 0.3) is 5.69 Å². The van der Waals surface area contributed by atoms with Gasteiger partial charge < -0.3 is 0 Å². The third-order valence-electron chi connectivity index (χ3n) is 2.03. The largest absolute Gasteiger partial charge is 0.269 e. The van der Waals surface area contributed by atoms with E-state index in [1.54, 1.807) is 23.0 Å². The van der Waals surface area contributed by atoms with Gasteiger partial charge in [0.05, 0.1) is 11.5 Å². The first-order chi connectivity index (χ1) is 7.25. The van der Waals surface area contributed by atoms with Crippen molar-refractivity contribution in [3.63, 3.8) is 0 Å². The lowest BCUT2D eigenvalue weighted by Gasteiger charge is -2.01. The van der Waals surface area contributed by atoms with Gasteiger partial charge in [0, 0.05) is 24.5 Å². The summed E-state index contributed by atoms with van der Waals surface area (Å²) in [5.74, 6) is 0. The van der Waals surface area contributed by atoms with E-state index in [-0.39, 0.29) is 5.69 Å². The predicted octanol–water partition coefficient (Wildman–Crippen LogP) is 1.84. The fourth-order valence-corrected chi connectivity index (χ4v) is 1.35. The molecule has 15 heavy (non-hydrogen) atoms. The van der Waals surface area contributed by atoms with E-state index in [4.69, 9.17) is 0 Å². The fraction of sp³-hybridized carbons (Fsp3) is 0.100. The molecule has 2 aromatic rings. The number of hydrogen-bond acceptors (Lipinski definition) is 3. The number of benzene rings is 1. The van der Waals surface area contributed by atoms with Crippen LogP contribution in [0.4, 0.5) is 5.69 Å². The third kappa shape index (κ3) is 2.19. The van der Waals surface area contributed by atoms with E-state index < -0.39 is 4.92 Å². The highest BCUT2D eigenvalue weighted by molar-refractivity contribution is 5.34. The minimum Gasteiger partial charge on any atom is -0.268 e. The first kappa shape index (κ1) is 9.39. The van der Waals surface area contributed by atoms with Crippen LogP contribution in [0.2, 0.25) is 0 Å². The van der Waals surface area contributed by atoms with E-state index in [0.29, 0.717) is 6.54 Å². The summed E-state index contributed by atoms with van der Waals surface area (Å²) in [5.41, 5.74) is 0.979. The highest BCUT2D eigenvalue weighted by Gasteiger charge is 2.05. The van der Waals surface area contributed by atoms with Crippen LogP contribution in [0, 0.1) is 10.1 Å². The zero-order chi connectivity index (χ0) is 10.7. The summed E-state index contributed by atoms with van der Waals surface area (Å²) in [6, 6.07) is 8.37. The van der Waals surface area contributed by atoms with Crippen LogP contribution in [0.15, 0.2) is 42.7 Å². The van der Waals surface area contributed by atoms with E-state index >= 15 is 0 Å². The van der Waals surface area contributed by atoms with Crippen molar-refractivity contribution in [2.24, 2.45) is 0 Å². The van der Waals surface area contributed by atoms with Crippen molar-refractivity contribution in [1.82, 2.24) is 9.78 Å². The van der Waals surface area contributed by atoms with Crippen molar-refractivity contribution in [1.29, 1.82) is 0 Å². The Labute approximate surface area is 86.1 Å². The summed E-state index contributed by atoms with van der Waals surface area (Å²) in [5, 5.41) is 14.6. The van der Waals surface area contributed by atoms with E-state index in [0.717, 1.165) is 5.56 Å². The highest BCUT2D eigenvalue weighted by atomic mass is 16.6. The van der Waals surface area contributed by atoms with Gasteiger partial charge >= 0.3 is 0 Å². The van der Waals surface area contributed by atoms with E-state index in [2.05, 4.69) is 5.10 Å². The molecule has 0 amide bonds. The van der Waals surface area contributed by atoms with Crippen LogP contribution >= 0.6 is 0 Å². The molecule has 0 saturated heterocycles. The molecule has 1 aromatic carbocycles. The van der Waals surface area contributed by atoms with Gasteiger partial charge in [0.1, 0.15) is 0 Å². The monoisotopic (exact) mass is 203 g/mol.